The molecule has 0 fully saturated rings. The Morgan fingerprint density at radius 1 is 1.43 bits per heavy atom. The number of nitrogens with two attached hydrogens (primary N) is 1. The van der Waals surface area contributed by atoms with Crippen molar-refractivity contribution in [2.75, 3.05) is 6.54 Å². The summed E-state index contributed by atoms with van der Waals surface area (Å²) in [6.45, 7) is 3.05. The van der Waals surface area contributed by atoms with Crippen molar-refractivity contribution in [3.63, 3.8) is 0 Å². The summed E-state index contributed by atoms with van der Waals surface area (Å²) in [5.41, 5.74) is 5.42. The Morgan fingerprint density at radius 3 is 2.29 bits per heavy atom. The average molecular weight is 212 g/mol. The first-order chi connectivity index (χ1) is 6.24. The van der Waals surface area contributed by atoms with Crippen LogP contribution in [0.3, 0.4) is 0 Å². The molecule has 0 spiro atoms. The van der Waals surface area contributed by atoms with E-state index in [1.807, 2.05) is 0 Å². The molecule has 6 heteroatoms. The lowest BCUT2D eigenvalue weighted by Crippen LogP contribution is -2.44. The van der Waals surface area contributed by atoms with Gasteiger partial charge in [0.1, 0.15) is 0 Å². The van der Waals surface area contributed by atoms with Gasteiger partial charge in [-0.3, -0.25) is 4.79 Å². The molecule has 3 N–H and O–H groups in total. The van der Waals surface area contributed by atoms with Crippen molar-refractivity contribution in [1.29, 1.82) is 0 Å². The molecule has 0 bridgehead atoms. The summed E-state index contributed by atoms with van der Waals surface area (Å²) in [4.78, 5) is 11.1. The number of rotatable bonds is 4. The van der Waals surface area contributed by atoms with Crippen molar-refractivity contribution in [2.45, 2.75) is 32.5 Å². The van der Waals surface area contributed by atoms with Gasteiger partial charge in [-0.25, -0.2) is 0 Å². The molecule has 0 aliphatic rings. The summed E-state index contributed by atoms with van der Waals surface area (Å²) in [5.74, 6) is -0.620. The summed E-state index contributed by atoms with van der Waals surface area (Å²) in [6.07, 6.45) is -5.27. The third-order valence-corrected chi connectivity index (χ3v) is 1.73. The van der Waals surface area contributed by atoms with E-state index >= 15 is 0 Å². The number of halogens is 3. The quantitative estimate of drug-likeness (QED) is 0.731. The van der Waals surface area contributed by atoms with Crippen LogP contribution >= 0.6 is 0 Å². The normalized spacial score (nSPS) is 14.2. The third kappa shape index (κ3) is 5.80. The summed E-state index contributed by atoms with van der Waals surface area (Å²) in [7, 11) is 0. The first-order valence-electron chi connectivity index (χ1n) is 4.34. The Morgan fingerprint density at radius 2 is 1.93 bits per heavy atom. The molecule has 0 radical (unpaired) electrons. The Balaban J connectivity index is 3.75. The molecule has 0 saturated carbocycles. The van der Waals surface area contributed by atoms with Gasteiger partial charge < -0.3 is 11.1 Å². The number of hydrogen-bond donors (Lipinski definition) is 2. The maximum Gasteiger partial charge on any atom is 0.390 e. The van der Waals surface area contributed by atoms with E-state index in [1.165, 1.54) is 0 Å². The summed E-state index contributed by atoms with van der Waals surface area (Å²) < 4.78 is 35.0. The Bertz CT molecular complexity index is 192. The van der Waals surface area contributed by atoms with Crippen LogP contribution in [0.25, 0.3) is 0 Å². The minimum atomic E-state index is -4.24. The Labute approximate surface area is 80.8 Å². The minimum Gasteiger partial charge on any atom is -0.354 e. The summed E-state index contributed by atoms with van der Waals surface area (Å²) in [5, 5.41) is 2.14. The SMILES string of the molecule is CC(C)[C@@H](N)C(=O)NCCC(F)(F)F. The second-order valence-electron chi connectivity index (χ2n) is 3.43. The van der Waals surface area contributed by atoms with Crippen molar-refractivity contribution in [1.82, 2.24) is 5.32 Å². The molecule has 84 valence electrons. The van der Waals surface area contributed by atoms with Crippen LogP contribution in [0.2, 0.25) is 0 Å². The highest BCUT2D eigenvalue weighted by atomic mass is 19.4. The van der Waals surface area contributed by atoms with E-state index in [-0.39, 0.29) is 5.92 Å². The second-order valence-corrected chi connectivity index (χ2v) is 3.43. The molecular formula is C8H15F3N2O. The number of carbonyl (C=O) groups excluding carboxylic acids is 1. The Kier molecular flexibility index (Phi) is 4.90. The van der Waals surface area contributed by atoms with Gasteiger partial charge in [-0.2, -0.15) is 13.2 Å². The molecule has 0 aliphatic heterocycles. The van der Waals surface area contributed by atoms with Crippen LogP contribution in [0.4, 0.5) is 13.2 Å². The molecule has 14 heavy (non-hydrogen) atoms. The largest absolute Gasteiger partial charge is 0.390 e. The molecule has 0 rings (SSSR count). The van der Waals surface area contributed by atoms with E-state index < -0.39 is 31.1 Å². The van der Waals surface area contributed by atoms with Crippen molar-refractivity contribution in [2.24, 2.45) is 11.7 Å². The molecule has 0 aromatic heterocycles. The zero-order valence-corrected chi connectivity index (χ0v) is 8.19. The third-order valence-electron chi connectivity index (χ3n) is 1.73. The van der Waals surface area contributed by atoms with Crippen molar-refractivity contribution < 1.29 is 18.0 Å². The van der Waals surface area contributed by atoms with Crippen molar-refractivity contribution in [3.8, 4) is 0 Å². The van der Waals surface area contributed by atoms with Gasteiger partial charge >= 0.3 is 6.18 Å². The molecule has 0 aromatic rings. The molecule has 0 saturated heterocycles. The molecule has 1 amide bonds. The average Bonchev–Trinajstić information content (AvgIpc) is 2.00. The van der Waals surface area contributed by atoms with Crippen LogP contribution in [-0.4, -0.2) is 24.7 Å². The van der Waals surface area contributed by atoms with E-state index in [4.69, 9.17) is 5.73 Å². The predicted octanol–water partition coefficient (Wildman–Crippen LogP) is 1.04. The molecule has 3 nitrogen and oxygen atoms in total. The van der Waals surface area contributed by atoms with Crippen LogP contribution in [0.1, 0.15) is 20.3 Å². The van der Waals surface area contributed by atoms with Crippen molar-refractivity contribution in [3.05, 3.63) is 0 Å². The highest BCUT2D eigenvalue weighted by molar-refractivity contribution is 5.81. The first-order valence-corrected chi connectivity index (χ1v) is 4.34. The predicted molar refractivity (Wildman–Crippen MR) is 46.5 cm³/mol. The lowest BCUT2D eigenvalue weighted by atomic mass is 10.1. The fraction of sp³-hybridized carbons (Fsp3) is 0.875. The maximum absolute atomic E-state index is 11.7. The number of alkyl halides is 3. The highest BCUT2D eigenvalue weighted by Gasteiger charge is 2.27. The van der Waals surface area contributed by atoms with E-state index in [2.05, 4.69) is 5.32 Å². The molecular weight excluding hydrogens is 197 g/mol. The maximum atomic E-state index is 11.7. The first kappa shape index (κ1) is 13.2. The number of nitrogens with one attached hydrogen (secondary N) is 1. The van der Waals surface area contributed by atoms with Gasteiger partial charge in [0.05, 0.1) is 12.5 Å². The van der Waals surface area contributed by atoms with Crippen LogP contribution in [0.5, 0.6) is 0 Å². The summed E-state index contributed by atoms with van der Waals surface area (Å²) >= 11 is 0. The Hall–Kier alpha value is -0.780. The van der Waals surface area contributed by atoms with Crippen LogP contribution in [0.15, 0.2) is 0 Å². The number of hydrogen-bond acceptors (Lipinski definition) is 2. The van der Waals surface area contributed by atoms with Gasteiger partial charge in [0, 0.05) is 6.54 Å². The molecule has 0 aliphatic carbocycles. The fourth-order valence-corrected chi connectivity index (χ4v) is 0.748. The zero-order valence-electron chi connectivity index (χ0n) is 8.19. The van der Waals surface area contributed by atoms with Gasteiger partial charge in [0.2, 0.25) is 5.91 Å². The van der Waals surface area contributed by atoms with Gasteiger partial charge in [0.15, 0.2) is 0 Å². The summed E-state index contributed by atoms with van der Waals surface area (Å²) in [6, 6.07) is -0.747. The monoisotopic (exact) mass is 212 g/mol. The highest BCUT2D eigenvalue weighted by Crippen LogP contribution is 2.18. The lowest BCUT2D eigenvalue weighted by molar-refractivity contribution is -0.136. The molecule has 0 unspecified atom stereocenters. The van der Waals surface area contributed by atoms with Crippen molar-refractivity contribution >= 4 is 5.91 Å². The number of amides is 1. The van der Waals surface area contributed by atoms with Gasteiger partial charge in [0.25, 0.3) is 0 Å². The van der Waals surface area contributed by atoms with Gasteiger partial charge in [-0.1, -0.05) is 13.8 Å². The molecule has 1 atom stereocenters. The van der Waals surface area contributed by atoms with Gasteiger partial charge in [-0.05, 0) is 5.92 Å². The van der Waals surface area contributed by atoms with Crippen LogP contribution < -0.4 is 11.1 Å². The number of carbonyl (C=O) groups is 1. The van der Waals surface area contributed by atoms with E-state index in [0.717, 1.165) is 0 Å². The van der Waals surface area contributed by atoms with Crippen LogP contribution in [0, 0.1) is 5.92 Å². The molecule has 0 heterocycles. The smallest absolute Gasteiger partial charge is 0.354 e. The lowest BCUT2D eigenvalue weighted by Gasteiger charge is -2.15. The van der Waals surface area contributed by atoms with E-state index in [0.29, 0.717) is 0 Å². The van der Waals surface area contributed by atoms with Gasteiger partial charge in [-0.15, -0.1) is 0 Å². The minimum absolute atomic E-state index is 0.0825. The fourth-order valence-electron chi connectivity index (χ4n) is 0.748. The van der Waals surface area contributed by atoms with E-state index in [1.54, 1.807) is 13.8 Å². The second kappa shape index (κ2) is 5.19. The standard InChI is InChI=1S/C8H15F3N2O/c1-5(2)6(12)7(14)13-4-3-8(9,10)11/h5-6H,3-4,12H2,1-2H3,(H,13,14)/t6-/m1/s1. The zero-order chi connectivity index (χ0) is 11.4. The van der Waals surface area contributed by atoms with E-state index in [9.17, 15) is 18.0 Å². The topological polar surface area (TPSA) is 55.1 Å². The molecule has 0 aromatic carbocycles. The van der Waals surface area contributed by atoms with Crippen LogP contribution in [-0.2, 0) is 4.79 Å².